The first-order chi connectivity index (χ1) is 22.4. The standard InChI is InChI=1S/C35H44ClN7O3/c1-24(14-20-45-3)34(44)43-19-18-42(21-26(43)12-15-37)33-28-13-17-41(31-11-5-8-25-7-4-10-29(36)32(25)31)22-30(28)38-35(39-33)46-23-27-9-6-16-40(27)2/h4-5,7-8,10-11,24,26-27H,6,9,12-14,16-23H2,1-3H3/t24?,26-,27-/m0/s1. The quantitative estimate of drug-likeness (QED) is 0.304. The molecule has 244 valence electrons. The van der Waals surface area contributed by atoms with Gasteiger partial charge in [0, 0.05) is 68.5 Å². The molecule has 2 saturated heterocycles. The summed E-state index contributed by atoms with van der Waals surface area (Å²) in [6, 6.07) is 15.1. The van der Waals surface area contributed by atoms with Gasteiger partial charge in [0.05, 0.1) is 35.8 Å². The molecule has 0 aliphatic carbocycles. The summed E-state index contributed by atoms with van der Waals surface area (Å²) < 4.78 is 11.5. The van der Waals surface area contributed by atoms with Crippen LogP contribution >= 0.6 is 11.6 Å². The summed E-state index contributed by atoms with van der Waals surface area (Å²) in [5, 5.41) is 12.6. The molecule has 6 rings (SSSR count). The normalized spacial score (nSPS) is 20.9. The first kappa shape index (κ1) is 32.3. The van der Waals surface area contributed by atoms with E-state index in [1.807, 2.05) is 24.0 Å². The molecule has 2 fully saturated rings. The molecule has 46 heavy (non-hydrogen) atoms. The molecule has 0 radical (unpaired) electrons. The Morgan fingerprint density at radius 3 is 2.70 bits per heavy atom. The SMILES string of the molecule is COCCC(C)C(=O)N1CCN(c2nc(OC[C@@H]3CCCN3C)nc3c2CCN(c2cccc4cccc(Cl)c24)C3)C[C@@H]1CC#N. The fourth-order valence-electron chi connectivity index (χ4n) is 7.14. The van der Waals surface area contributed by atoms with E-state index in [1.165, 1.54) is 0 Å². The molecule has 10 nitrogen and oxygen atoms in total. The number of anilines is 2. The van der Waals surface area contributed by atoms with Gasteiger partial charge in [0.15, 0.2) is 0 Å². The molecule has 2 aromatic carbocycles. The van der Waals surface area contributed by atoms with E-state index in [-0.39, 0.29) is 24.3 Å². The highest BCUT2D eigenvalue weighted by Crippen LogP contribution is 2.37. The Morgan fingerprint density at radius 1 is 1.11 bits per heavy atom. The van der Waals surface area contributed by atoms with Crippen LogP contribution in [0.1, 0.15) is 43.9 Å². The van der Waals surface area contributed by atoms with Gasteiger partial charge in [0.2, 0.25) is 5.91 Å². The lowest BCUT2D eigenvalue weighted by Gasteiger charge is -2.43. The summed E-state index contributed by atoms with van der Waals surface area (Å²) in [6.45, 7) is 7.17. The van der Waals surface area contributed by atoms with Crippen molar-refractivity contribution in [1.82, 2.24) is 19.8 Å². The lowest BCUT2D eigenvalue weighted by atomic mass is 10.00. The highest BCUT2D eigenvalue weighted by molar-refractivity contribution is 6.36. The maximum Gasteiger partial charge on any atom is 0.318 e. The highest BCUT2D eigenvalue weighted by atomic mass is 35.5. The molecule has 1 amide bonds. The Bertz CT molecular complexity index is 1590. The van der Waals surface area contributed by atoms with Gasteiger partial charge in [-0.3, -0.25) is 4.79 Å². The average molecular weight is 646 g/mol. The van der Waals surface area contributed by atoms with Crippen molar-refractivity contribution in [3.8, 4) is 12.1 Å². The largest absolute Gasteiger partial charge is 0.462 e. The topological polar surface area (TPSA) is 98.1 Å². The molecule has 3 atom stereocenters. The second-order valence-electron chi connectivity index (χ2n) is 12.8. The summed E-state index contributed by atoms with van der Waals surface area (Å²) >= 11 is 6.73. The summed E-state index contributed by atoms with van der Waals surface area (Å²) in [6.07, 6.45) is 3.94. The van der Waals surface area contributed by atoms with Crippen molar-refractivity contribution >= 4 is 39.8 Å². The number of nitrogens with zero attached hydrogens (tertiary/aromatic N) is 7. The fourth-order valence-corrected chi connectivity index (χ4v) is 7.42. The first-order valence-corrected chi connectivity index (χ1v) is 16.8. The summed E-state index contributed by atoms with van der Waals surface area (Å²) in [7, 11) is 3.79. The second-order valence-corrected chi connectivity index (χ2v) is 13.2. The van der Waals surface area contributed by atoms with Crippen molar-refractivity contribution in [2.75, 3.05) is 69.9 Å². The minimum Gasteiger partial charge on any atom is -0.462 e. The molecule has 1 unspecified atom stereocenters. The molecule has 3 aromatic rings. The Balaban J connectivity index is 1.30. The number of fused-ring (bicyclic) bond motifs is 2. The summed E-state index contributed by atoms with van der Waals surface area (Å²) in [5.74, 6) is 0.774. The number of ether oxygens (including phenoxy) is 2. The van der Waals surface area contributed by atoms with Crippen molar-refractivity contribution in [2.45, 2.75) is 57.7 Å². The van der Waals surface area contributed by atoms with Gasteiger partial charge in [-0.05, 0) is 56.8 Å². The number of likely N-dealkylation sites (tertiary alicyclic amines) is 1. The number of rotatable bonds is 10. The number of piperazine rings is 1. The van der Waals surface area contributed by atoms with Crippen LogP contribution in [0.3, 0.4) is 0 Å². The van der Waals surface area contributed by atoms with E-state index in [9.17, 15) is 10.1 Å². The van der Waals surface area contributed by atoms with Gasteiger partial charge in [0.25, 0.3) is 0 Å². The van der Waals surface area contributed by atoms with Gasteiger partial charge in [0.1, 0.15) is 12.4 Å². The number of hydrogen-bond acceptors (Lipinski definition) is 9. The number of aromatic nitrogens is 2. The van der Waals surface area contributed by atoms with Crippen LogP contribution in [0.4, 0.5) is 11.5 Å². The average Bonchev–Trinajstić information content (AvgIpc) is 3.49. The zero-order chi connectivity index (χ0) is 32.2. The van der Waals surface area contributed by atoms with Crippen molar-refractivity contribution in [2.24, 2.45) is 5.92 Å². The van der Waals surface area contributed by atoms with Crippen LogP contribution in [0.25, 0.3) is 10.8 Å². The van der Waals surface area contributed by atoms with Crippen LogP contribution in [0, 0.1) is 17.2 Å². The third-order valence-corrected chi connectivity index (χ3v) is 10.2. The molecule has 3 aliphatic heterocycles. The van der Waals surface area contributed by atoms with Crippen molar-refractivity contribution in [3.63, 3.8) is 0 Å². The Labute approximate surface area is 276 Å². The van der Waals surface area contributed by atoms with Crippen LogP contribution in [0.2, 0.25) is 5.02 Å². The molecular weight excluding hydrogens is 602 g/mol. The number of halogens is 1. The smallest absolute Gasteiger partial charge is 0.318 e. The molecule has 0 N–H and O–H groups in total. The molecule has 3 aliphatic rings. The second kappa shape index (κ2) is 14.4. The summed E-state index contributed by atoms with van der Waals surface area (Å²) in [5.41, 5.74) is 3.14. The molecule has 4 heterocycles. The van der Waals surface area contributed by atoms with Gasteiger partial charge in [-0.15, -0.1) is 0 Å². The Morgan fingerprint density at radius 2 is 1.93 bits per heavy atom. The van der Waals surface area contributed by atoms with Gasteiger partial charge in [-0.2, -0.15) is 15.2 Å². The number of amides is 1. The van der Waals surface area contributed by atoms with E-state index in [4.69, 9.17) is 31.0 Å². The zero-order valence-corrected chi connectivity index (χ0v) is 27.9. The maximum atomic E-state index is 13.4. The van der Waals surface area contributed by atoms with E-state index >= 15 is 0 Å². The lowest BCUT2D eigenvalue weighted by Crippen LogP contribution is -2.56. The monoisotopic (exact) mass is 645 g/mol. The summed E-state index contributed by atoms with van der Waals surface area (Å²) in [4.78, 5) is 32.3. The number of carbonyl (C=O) groups excluding carboxylic acids is 1. The van der Waals surface area contributed by atoms with Crippen LogP contribution in [-0.2, 0) is 22.5 Å². The Kier molecular flexibility index (Phi) is 10.1. The zero-order valence-electron chi connectivity index (χ0n) is 27.1. The maximum absolute atomic E-state index is 13.4. The lowest BCUT2D eigenvalue weighted by molar-refractivity contribution is -0.138. The number of likely N-dealkylation sites (N-methyl/N-ethyl adjacent to an activating group) is 1. The molecule has 1 aromatic heterocycles. The number of carbonyl (C=O) groups is 1. The predicted octanol–water partition coefficient (Wildman–Crippen LogP) is 4.92. The predicted molar refractivity (Wildman–Crippen MR) is 180 cm³/mol. The number of benzene rings is 2. The van der Waals surface area contributed by atoms with Crippen LogP contribution in [0.5, 0.6) is 6.01 Å². The van der Waals surface area contributed by atoms with E-state index in [0.29, 0.717) is 57.9 Å². The van der Waals surface area contributed by atoms with Gasteiger partial charge >= 0.3 is 6.01 Å². The molecule has 0 saturated carbocycles. The van der Waals surface area contributed by atoms with Gasteiger partial charge in [-0.25, -0.2) is 0 Å². The highest BCUT2D eigenvalue weighted by Gasteiger charge is 2.35. The van der Waals surface area contributed by atoms with Crippen LogP contribution in [-0.4, -0.2) is 97.9 Å². The molecule has 0 bridgehead atoms. The minimum atomic E-state index is -0.226. The first-order valence-electron chi connectivity index (χ1n) is 16.4. The molecular formula is C35H44ClN7O3. The van der Waals surface area contributed by atoms with Crippen LogP contribution in [0.15, 0.2) is 36.4 Å². The number of methoxy groups -OCH3 is 1. The molecule has 0 spiro atoms. The number of hydrogen-bond donors (Lipinski definition) is 0. The minimum absolute atomic E-state index is 0.0794. The van der Waals surface area contributed by atoms with Crippen molar-refractivity contribution in [3.05, 3.63) is 52.7 Å². The van der Waals surface area contributed by atoms with Crippen molar-refractivity contribution in [1.29, 1.82) is 5.26 Å². The van der Waals surface area contributed by atoms with Crippen molar-refractivity contribution < 1.29 is 14.3 Å². The van der Waals surface area contributed by atoms with E-state index in [0.717, 1.165) is 70.9 Å². The molecule has 11 heteroatoms. The van der Waals surface area contributed by atoms with Crippen LogP contribution < -0.4 is 14.5 Å². The third kappa shape index (κ3) is 6.73. The van der Waals surface area contributed by atoms with E-state index < -0.39 is 0 Å². The third-order valence-electron chi connectivity index (χ3n) is 9.84. The van der Waals surface area contributed by atoms with Gasteiger partial charge < -0.3 is 29.1 Å². The van der Waals surface area contributed by atoms with E-state index in [2.05, 4.69) is 52.1 Å². The van der Waals surface area contributed by atoms with Gasteiger partial charge in [-0.1, -0.05) is 42.8 Å². The number of nitriles is 1. The Hall–Kier alpha value is -3.65. The fraction of sp³-hybridized carbons (Fsp3) is 0.543. The van der Waals surface area contributed by atoms with E-state index in [1.54, 1.807) is 7.11 Å².